The highest BCUT2D eigenvalue weighted by atomic mass is 79.9. The van der Waals surface area contributed by atoms with Gasteiger partial charge >= 0.3 is 0 Å². The molecular formula is C16H17BrN4O2. The Labute approximate surface area is 142 Å². The second-order valence-electron chi connectivity index (χ2n) is 5.28. The summed E-state index contributed by atoms with van der Waals surface area (Å²) in [4.78, 5) is 20.5. The van der Waals surface area contributed by atoms with Crippen LogP contribution in [0.3, 0.4) is 0 Å². The van der Waals surface area contributed by atoms with Crippen molar-refractivity contribution in [2.24, 2.45) is 0 Å². The van der Waals surface area contributed by atoms with E-state index in [1.165, 1.54) is 12.4 Å². The predicted molar refractivity (Wildman–Crippen MR) is 91.6 cm³/mol. The second-order valence-corrected chi connectivity index (χ2v) is 6.19. The van der Waals surface area contributed by atoms with Gasteiger partial charge in [0.2, 0.25) is 5.95 Å². The Bertz CT molecular complexity index is 672. The molecule has 1 aromatic heterocycles. The minimum absolute atomic E-state index is 0.220. The summed E-state index contributed by atoms with van der Waals surface area (Å²) in [6.07, 6.45) is 5.40. The number of anilines is 2. The molecule has 2 aromatic rings. The lowest BCUT2D eigenvalue weighted by Crippen LogP contribution is -2.20. The van der Waals surface area contributed by atoms with Gasteiger partial charge in [0, 0.05) is 35.7 Å². The molecule has 6 nitrogen and oxygen atoms in total. The Morgan fingerprint density at radius 1 is 1.35 bits per heavy atom. The van der Waals surface area contributed by atoms with Gasteiger partial charge in [0.25, 0.3) is 5.91 Å². The Morgan fingerprint density at radius 2 is 2.17 bits per heavy atom. The topological polar surface area (TPSA) is 76.1 Å². The summed E-state index contributed by atoms with van der Waals surface area (Å²) in [5, 5.41) is 5.93. The normalized spacial score (nSPS) is 17.0. The summed E-state index contributed by atoms with van der Waals surface area (Å²) in [6, 6.07) is 7.40. The average molecular weight is 377 g/mol. The Morgan fingerprint density at radius 3 is 2.87 bits per heavy atom. The number of hydrogen-bond donors (Lipinski definition) is 2. The van der Waals surface area contributed by atoms with Crippen molar-refractivity contribution in [1.82, 2.24) is 9.97 Å². The van der Waals surface area contributed by atoms with E-state index < -0.39 is 0 Å². The fourth-order valence-electron chi connectivity index (χ4n) is 2.32. The van der Waals surface area contributed by atoms with E-state index >= 15 is 0 Å². The molecule has 1 aliphatic rings. The molecule has 1 fully saturated rings. The number of nitrogens with one attached hydrogen (secondary N) is 2. The number of amides is 1. The molecule has 2 heterocycles. The van der Waals surface area contributed by atoms with Crippen molar-refractivity contribution in [2.75, 3.05) is 23.8 Å². The highest BCUT2D eigenvalue weighted by Gasteiger charge is 2.15. The molecule has 1 aromatic carbocycles. The van der Waals surface area contributed by atoms with E-state index in [9.17, 15) is 4.79 Å². The molecule has 1 atom stereocenters. The minimum Gasteiger partial charge on any atom is -0.376 e. The first-order valence-electron chi connectivity index (χ1n) is 7.45. The zero-order valence-corrected chi connectivity index (χ0v) is 14.0. The van der Waals surface area contributed by atoms with Gasteiger partial charge in [0.1, 0.15) is 0 Å². The molecule has 0 aliphatic carbocycles. The van der Waals surface area contributed by atoms with E-state index in [2.05, 4.69) is 36.5 Å². The van der Waals surface area contributed by atoms with Crippen molar-refractivity contribution in [3.05, 3.63) is 46.7 Å². The van der Waals surface area contributed by atoms with Crippen molar-refractivity contribution in [2.45, 2.75) is 18.9 Å². The maximum Gasteiger partial charge on any atom is 0.258 e. The third-order valence-electron chi connectivity index (χ3n) is 3.51. The van der Waals surface area contributed by atoms with Crippen LogP contribution < -0.4 is 10.6 Å². The summed E-state index contributed by atoms with van der Waals surface area (Å²) in [7, 11) is 0. The molecule has 0 spiro atoms. The van der Waals surface area contributed by atoms with Crippen LogP contribution in [0.5, 0.6) is 0 Å². The highest BCUT2D eigenvalue weighted by Crippen LogP contribution is 2.16. The zero-order chi connectivity index (χ0) is 16.1. The smallest absolute Gasteiger partial charge is 0.258 e. The number of ether oxygens (including phenoxy) is 1. The maximum atomic E-state index is 12.2. The van der Waals surface area contributed by atoms with Gasteiger partial charge in [-0.15, -0.1) is 0 Å². The summed E-state index contributed by atoms with van der Waals surface area (Å²) in [6.45, 7) is 1.51. The summed E-state index contributed by atoms with van der Waals surface area (Å²) in [5.74, 6) is 0.258. The molecule has 0 saturated carbocycles. The number of benzene rings is 1. The molecule has 0 radical (unpaired) electrons. The third-order valence-corrected chi connectivity index (χ3v) is 4.00. The molecule has 7 heteroatoms. The lowest BCUT2D eigenvalue weighted by atomic mass is 10.2. The molecule has 1 amide bonds. The molecule has 0 bridgehead atoms. The summed E-state index contributed by atoms with van der Waals surface area (Å²) < 4.78 is 6.43. The minimum atomic E-state index is -0.242. The number of rotatable bonds is 5. The second kappa shape index (κ2) is 7.52. The van der Waals surface area contributed by atoms with Crippen LogP contribution in [0, 0.1) is 0 Å². The Hall–Kier alpha value is -1.99. The first kappa shape index (κ1) is 15.9. The van der Waals surface area contributed by atoms with Crippen LogP contribution in [-0.4, -0.2) is 35.1 Å². The Kier molecular flexibility index (Phi) is 5.19. The van der Waals surface area contributed by atoms with Crippen molar-refractivity contribution in [3.63, 3.8) is 0 Å². The van der Waals surface area contributed by atoms with Crippen molar-refractivity contribution in [3.8, 4) is 0 Å². The molecular weight excluding hydrogens is 360 g/mol. The molecule has 23 heavy (non-hydrogen) atoms. The molecule has 1 unspecified atom stereocenters. The lowest BCUT2D eigenvalue weighted by molar-refractivity contribution is 0.102. The lowest BCUT2D eigenvalue weighted by Gasteiger charge is -2.10. The number of carbonyl (C=O) groups excluding carboxylic acids is 1. The maximum absolute atomic E-state index is 12.2. The van der Waals surface area contributed by atoms with Crippen LogP contribution in [0.15, 0.2) is 41.1 Å². The van der Waals surface area contributed by atoms with Crippen LogP contribution in [-0.2, 0) is 4.74 Å². The van der Waals surface area contributed by atoms with E-state index in [-0.39, 0.29) is 12.0 Å². The number of nitrogens with zero attached hydrogens (tertiary/aromatic N) is 2. The number of aromatic nitrogens is 2. The van der Waals surface area contributed by atoms with Gasteiger partial charge in [-0.05, 0) is 31.0 Å². The fourth-order valence-corrected chi connectivity index (χ4v) is 2.72. The number of halogens is 1. The third kappa shape index (κ3) is 4.49. The monoisotopic (exact) mass is 376 g/mol. The van der Waals surface area contributed by atoms with Crippen molar-refractivity contribution in [1.29, 1.82) is 0 Å². The first-order chi connectivity index (χ1) is 11.2. The van der Waals surface area contributed by atoms with Gasteiger partial charge in [-0.1, -0.05) is 22.0 Å². The average Bonchev–Trinajstić information content (AvgIpc) is 3.07. The Balaban J connectivity index is 1.56. The van der Waals surface area contributed by atoms with Crippen LogP contribution in [0.2, 0.25) is 0 Å². The largest absolute Gasteiger partial charge is 0.376 e. The molecule has 2 N–H and O–H groups in total. The van der Waals surface area contributed by atoms with Crippen molar-refractivity contribution >= 4 is 33.5 Å². The van der Waals surface area contributed by atoms with Crippen LogP contribution in [0.1, 0.15) is 23.2 Å². The van der Waals surface area contributed by atoms with Crippen LogP contribution in [0.4, 0.5) is 11.6 Å². The van der Waals surface area contributed by atoms with Gasteiger partial charge in [-0.2, -0.15) is 0 Å². The van der Waals surface area contributed by atoms with E-state index in [4.69, 9.17) is 4.74 Å². The highest BCUT2D eigenvalue weighted by molar-refractivity contribution is 9.10. The molecule has 3 rings (SSSR count). The van der Waals surface area contributed by atoms with E-state index in [0.29, 0.717) is 23.7 Å². The zero-order valence-electron chi connectivity index (χ0n) is 12.5. The van der Waals surface area contributed by atoms with Gasteiger partial charge in [-0.25, -0.2) is 9.97 Å². The van der Waals surface area contributed by atoms with Gasteiger partial charge in [-0.3, -0.25) is 4.79 Å². The fraction of sp³-hybridized carbons (Fsp3) is 0.312. The molecule has 1 aliphatic heterocycles. The first-order valence-corrected chi connectivity index (χ1v) is 8.24. The van der Waals surface area contributed by atoms with E-state index in [1.807, 2.05) is 24.3 Å². The van der Waals surface area contributed by atoms with Gasteiger partial charge in [0.15, 0.2) is 0 Å². The summed E-state index contributed by atoms with van der Waals surface area (Å²) >= 11 is 3.37. The van der Waals surface area contributed by atoms with Gasteiger partial charge in [0.05, 0.1) is 11.7 Å². The molecule has 1 saturated heterocycles. The SMILES string of the molecule is O=C(Nc1cccc(Br)c1)c1cnc(NCC2CCCO2)nc1. The van der Waals surface area contributed by atoms with Crippen molar-refractivity contribution < 1.29 is 9.53 Å². The van der Waals surface area contributed by atoms with Crippen LogP contribution in [0.25, 0.3) is 0 Å². The standard InChI is InChI=1S/C16H17BrN4O2/c17-12-3-1-4-13(7-12)21-15(22)11-8-18-16(19-9-11)20-10-14-5-2-6-23-14/h1,3-4,7-9,14H,2,5-6,10H2,(H,21,22)(H,18,19,20). The quantitative estimate of drug-likeness (QED) is 0.838. The molecule has 120 valence electrons. The van der Waals surface area contributed by atoms with Gasteiger partial charge < -0.3 is 15.4 Å². The van der Waals surface area contributed by atoms with E-state index in [0.717, 1.165) is 23.9 Å². The number of carbonyl (C=O) groups is 1. The summed E-state index contributed by atoms with van der Waals surface area (Å²) in [5.41, 5.74) is 1.12. The van der Waals surface area contributed by atoms with E-state index in [1.54, 1.807) is 0 Å². The number of hydrogen-bond acceptors (Lipinski definition) is 5. The predicted octanol–water partition coefficient (Wildman–Crippen LogP) is 3.08. The van der Waals surface area contributed by atoms with Crippen LogP contribution >= 0.6 is 15.9 Å².